The highest BCUT2D eigenvalue weighted by Gasteiger charge is 2.37. The molecule has 9 nitrogen and oxygen atoms in total. The second-order valence-electron chi connectivity index (χ2n) is 8.55. The lowest BCUT2D eigenvalue weighted by Gasteiger charge is -2.21. The van der Waals surface area contributed by atoms with E-state index in [1.807, 2.05) is 0 Å². The van der Waals surface area contributed by atoms with Crippen LogP contribution in [0, 0.1) is 11.0 Å². The number of rotatable bonds is 7. The van der Waals surface area contributed by atoms with Crippen molar-refractivity contribution >= 4 is 44.0 Å². The number of halogens is 1. The van der Waals surface area contributed by atoms with Crippen LogP contribution in [0.25, 0.3) is 0 Å². The van der Waals surface area contributed by atoms with Gasteiger partial charge in [-0.05, 0) is 49.3 Å². The lowest BCUT2D eigenvalue weighted by Crippen LogP contribution is -2.40. The van der Waals surface area contributed by atoms with E-state index in [9.17, 15) is 27.2 Å². The highest BCUT2D eigenvalue weighted by molar-refractivity contribution is 7.92. The van der Waals surface area contributed by atoms with E-state index in [0.717, 1.165) is 6.20 Å². The van der Waals surface area contributed by atoms with Gasteiger partial charge >= 0.3 is 11.8 Å². The molecule has 1 aliphatic heterocycles. The van der Waals surface area contributed by atoms with Crippen molar-refractivity contribution < 1.29 is 27.2 Å². The standard InChI is InChI=1S/C22H25FN4O5S2/c1-24-20(29)21(30)27-9-8-13(12-27)10-17(19(28)26-22-25-11-18(23)33-22)14-2-4-15(5-3-14)34(31,32)16-6-7-16/h2-5,11,13,16-17H,6-10,12H2,1H3,(H,24,29)(H,25,26,28)/t13-,17-/m1/s1. The van der Waals surface area contributed by atoms with Gasteiger partial charge in [0.05, 0.1) is 22.3 Å². The first-order chi connectivity index (χ1) is 16.2. The summed E-state index contributed by atoms with van der Waals surface area (Å²) in [5, 5.41) is 4.22. The van der Waals surface area contributed by atoms with Crippen molar-refractivity contribution in [3.8, 4) is 0 Å². The number of nitrogens with zero attached hydrogens (tertiary/aromatic N) is 2. The zero-order chi connectivity index (χ0) is 24.5. The summed E-state index contributed by atoms with van der Waals surface area (Å²) in [5.74, 6) is -2.42. The summed E-state index contributed by atoms with van der Waals surface area (Å²) in [6, 6.07) is 6.29. The van der Waals surface area contributed by atoms with Crippen LogP contribution in [0.2, 0.25) is 0 Å². The number of anilines is 1. The topological polar surface area (TPSA) is 126 Å². The molecule has 0 bridgehead atoms. The summed E-state index contributed by atoms with van der Waals surface area (Å²) in [7, 11) is -1.97. The molecule has 1 aliphatic carbocycles. The van der Waals surface area contributed by atoms with Crippen molar-refractivity contribution in [1.82, 2.24) is 15.2 Å². The molecule has 1 saturated heterocycles. The SMILES string of the molecule is CNC(=O)C(=O)N1CC[C@H](C[C@@H](C(=O)Nc2ncc(F)s2)c2ccc(S(=O)(=O)C3CC3)cc2)C1. The number of carbonyl (C=O) groups excluding carboxylic acids is 3. The number of thiazole rings is 1. The zero-order valence-corrected chi connectivity index (χ0v) is 20.1. The molecule has 1 aromatic heterocycles. The van der Waals surface area contributed by atoms with Gasteiger partial charge in [-0.15, -0.1) is 0 Å². The fraction of sp³-hybridized carbons (Fsp3) is 0.455. The number of nitrogens with one attached hydrogen (secondary N) is 2. The van der Waals surface area contributed by atoms with Crippen LogP contribution in [0.4, 0.5) is 9.52 Å². The maximum atomic E-state index is 13.3. The normalized spacial score (nSPS) is 19.0. The summed E-state index contributed by atoms with van der Waals surface area (Å²) >= 11 is 0.711. The van der Waals surface area contributed by atoms with Crippen LogP contribution in [0.15, 0.2) is 35.4 Å². The Bertz CT molecular complexity index is 1190. The van der Waals surface area contributed by atoms with Crippen LogP contribution >= 0.6 is 11.3 Å². The van der Waals surface area contributed by atoms with Crippen molar-refractivity contribution in [1.29, 1.82) is 0 Å². The average molecular weight is 509 g/mol. The number of hydrogen-bond acceptors (Lipinski definition) is 7. The molecule has 1 saturated carbocycles. The number of likely N-dealkylation sites (N-methyl/N-ethyl adjacent to an activating group) is 1. The van der Waals surface area contributed by atoms with E-state index >= 15 is 0 Å². The number of hydrogen-bond donors (Lipinski definition) is 2. The first-order valence-corrected chi connectivity index (χ1v) is 13.3. The molecule has 2 aromatic rings. The molecule has 0 unspecified atom stereocenters. The number of likely N-dealkylation sites (tertiary alicyclic amines) is 1. The van der Waals surface area contributed by atoms with Crippen molar-refractivity contribution in [2.24, 2.45) is 5.92 Å². The van der Waals surface area contributed by atoms with Crippen LogP contribution in [0.1, 0.15) is 37.2 Å². The van der Waals surface area contributed by atoms with E-state index < -0.39 is 38.6 Å². The number of carbonyl (C=O) groups is 3. The fourth-order valence-electron chi connectivity index (χ4n) is 4.15. The maximum Gasteiger partial charge on any atom is 0.311 e. The molecule has 2 N–H and O–H groups in total. The Labute approximate surface area is 200 Å². The Balaban J connectivity index is 1.53. The van der Waals surface area contributed by atoms with Crippen LogP contribution < -0.4 is 10.6 Å². The second kappa shape index (κ2) is 9.79. The van der Waals surface area contributed by atoms with Crippen molar-refractivity contribution in [3.63, 3.8) is 0 Å². The van der Waals surface area contributed by atoms with Crippen molar-refractivity contribution in [2.75, 3.05) is 25.5 Å². The van der Waals surface area contributed by atoms with E-state index in [4.69, 9.17) is 0 Å². The summed E-state index contributed by atoms with van der Waals surface area (Å²) in [6.45, 7) is 0.734. The van der Waals surface area contributed by atoms with Gasteiger partial charge in [0.15, 0.2) is 20.1 Å². The van der Waals surface area contributed by atoms with Gasteiger partial charge in [0.1, 0.15) is 0 Å². The lowest BCUT2D eigenvalue weighted by atomic mass is 9.87. The summed E-state index contributed by atoms with van der Waals surface area (Å²) in [6.07, 6.45) is 3.32. The Morgan fingerprint density at radius 1 is 1.21 bits per heavy atom. The van der Waals surface area contributed by atoms with Gasteiger partial charge in [-0.25, -0.2) is 13.4 Å². The number of aromatic nitrogens is 1. The molecule has 182 valence electrons. The van der Waals surface area contributed by atoms with Gasteiger partial charge in [0.2, 0.25) is 5.91 Å². The molecule has 2 heterocycles. The van der Waals surface area contributed by atoms with Gasteiger partial charge < -0.3 is 15.5 Å². The third kappa shape index (κ3) is 5.27. The smallest absolute Gasteiger partial charge is 0.311 e. The molecule has 4 rings (SSSR count). The van der Waals surface area contributed by atoms with E-state index in [-0.39, 0.29) is 21.2 Å². The van der Waals surface area contributed by atoms with Crippen LogP contribution in [-0.2, 0) is 24.2 Å². The molecule has 1 aromatic carbocycles. The minimum atomic E-state index is -3.36. The van der Waals surface area contributed by atoms with E-state index in [2.05, 4.69) is 15.6 Å². The van der Waals surface area contributed by atoms with Crippen LogP contribution in [0.3, 0.4) is 0 Å². The summed E-state index contributed by atoms with van der Waals surface area (Å²) in [4.78, 5) is 42.5. The third-order valence-corrected chi connectivity index (χ3v) is 9.14. The van der Waals surface area contributed by atoms with E-state index in [0.29, 0.717) is 55.7 Å². The average Bonchev–Trinajstić information content (AvgIpc) is 3.47. The largest absolute Gasteiger partial charge is 0.351 e. The predicted octanol–water partition coefficient (Wildman–Crippen LogP) is 1.93. The molecule has 3 amide bonds. The zero-order valence-electron chi connectivity index (χ0n) is 18.5. The van der Waals surface area contributed by atoms with Crippen molar-refractivity contribution in [3.05, 3.63) is 41.2 Å². The van der Waals surface area contributed by atoms with Gasteiger partial charge in [0, 0.05) is 20.1 Å². The number of amides is 3. The summed E-state index contributed by atoms with van der Waals surface area (Å²) in [5.41, 5.74) is 0.611. The van der Waals surface area contributed by atoms with E-state index in [1.54, 1.807) is 12.1 Å². The lowest BCUT2D eigenvalue weighted by molar-refractivity contribution is -0.144. The Morgan fingerprint density at radius 2 is 1.91 bits per heavy atom. The summed E-state index contributed by atoms with van der Waals surface area (Å²) < 4.78 is 38.4. The quantitative estimate of drug-likeness (QED) is 0.551. The minimum absolute atomic E-state index is 0.0488. The predicted molar refractivity (Wildman–Crippen MR) is 123 cm³/mol. The van der Waals surface area contributed by atoms with E-state index in [1.165, 1.54) is 24.1 Å². The first-order valence-electron chi connectivity index (χ1n) is 11.0. The number of benzene rings is 1. The van der Waals surface area contributed by atoms with Gasteiger partial charge in [-0.1, -0.05) is 23.5 Å². The molecule has 2 aliphatic rings. The molecular weight excluding hydrogens is 483 g/mol. The van der Waals surface area contributed by atoms with Gasteiger partial charge in [-0.2, -0.15) is 4.39 Å². The fourth-order valence-corrected chi connectivity index (χ4v) is 6.36. The highest BCUT2D eigenvalue weighted by Crippen LogP contribution is 2.35. The molecule has 34 heavy (non-hydrogen) atoms. The van der Waals surface area contributed by atoms with Crippen LogP contribution in [-0.4, -0.2) is 61.4 Å². The Hall–Kier alpha value is -2.86. The Kier molecular flexibility index (Phi) is 6.99. The third-order valence-electron chi connectivity index (χ3n) is 6.16. The molecule has 12 heteroatoms. The minimum Gasteiger partial charge on any atom is -0.351 e. The van der Waals surface area contributed by atoms with Gasteiger partial charge in [-0.3, -0.25) is 14.4 Å². The molecular formula is C22H25FN4O5S2. The van der Waals surface area contributed by atoms with Crippen LogP contribution in [0.5, 0.6) is 0 Å². The van der Waals surface area contributed by atoms with Gasteiger partial charge in [0.25, 0.3) is 0 Å². The highest BCUT2D eigenvalue weighted by atomic mass is 32.2. The Morgan fingerprint density at radius 3 is 2.50 bits per heavy atom. The molecule has 0 radical (unpaired) electrons. The second-order valence-corrected chi connectivity index (χ2v) is 11.8. The monoisotopic (exact) mass is 508 g/mol. The molecule has 2 fully saturated rings. The number of sulfone groups is 1. The molecule has 2 atom stereocenters. The first kappa shape index (κ1) is 24.3. The van der Waals surface area contributed by atoms with Crippen molar-refractivity contribution in [2.45, 2.75) is 41.7 Å². The maximum absolute atomic E-state index is 13.3. The molecule has 0 spiro atoms.